The van der Waals surface area contributed by atoms with Crippen molar-refractivity contribution >= 4 is 11.9 Å². The van der Waals surface area contributed by atoms with Crippen LogP contribution < -0.4 is 4.90 Å². The standard InChI is InChI=1S/C14H17F3N4O/c1-20-11(22)3-6-13(20)5-2-8-21(9-13)12-18-7-4-10(19-12)14(15,16)17/h4,7H,2-3,5-6,8-9H2,1H3. The van der Waals surface area contributed by atoms with Gasteiger partial charge in [0.15, 0.2) is 0 Å². The van der Waals surface area contributed by atoms with Crippen LogP contribution in [0.4, 0.5) is 19.1 Å². The van der Waals surface area contributed by atoms with Crippen LogP contribution in [-0.4, -0.2) is 46.5 Å². The molecule has 2 saturated heterocycles. The Labute approximate surface area is 126 Å². The number of halogens is 3. The molecule has 3 rings (SSSR count). The van der Waals surface area contributed by atoms with Crippen molar-refractivity contribution < 1.29 is 18.0 Å². The van der Waals surface area contributed by atoms with Crippen molar-refractivity contribution in [3.05, 3.63) is 18.0 Å². The molecule has 1 atom stereocenters. The van der Waals surface area contributed by atoms with Gasteiger partial charge >= 0.3 is 6.18 Å². The lowest BCUT2D eigenvalue weighted by atomic mass is 9.87. The fourth-order valence-electron chi connectivity index (χ4n) is 3.36. The van der Waals surface area contributed by atoms with Crippen molar-refractivity contribution in [3.63, 3.8) is 0 Å². The number of anilines is 1. The van der Waals surface area contributed by atoms with Gasteiger partial charge in [-0.05, 0) is 25.3 Å². The first-order valence-electron chi connectivity index (χ1n) is 7.24. The lowest BCUT2D eigenvalue weighted by Gasteiger charge is -2.44. The second kappa shape index (κ2) is 5.10. The fourth-order valence-corrected chi connectivity index (χ4v) is 3.36. The summed E-state index contributed by atoms with van der Waals surface area (Å²) in [5, 5.41) is 0. The van der Waals surface area contributed by atoms with Crippen LogP contribution in [-0.2, 0) is 11.0 Å². The number of carbonyl (C=O) groups excluding carboxylic acids is 1. The van der Waals surface area contributed by atoms with Gasteiger partial charge in [-0.3, -0.25) is 4.79 Å². The second-order valence-electron chi connectivity index (χ2n) is 5.94. The first-order chi connectivity index (χ1) is 10.3. The van der Waals surface area contributed by atoms with Crippen LogP contribution in [0.15, 0.2) is 12.3 Å². The summed E-state index contributed by atoms with van der Waals surface area (Å²) >= 11 is 0. The molecule has 0 radical (unpaired) electrons. The highest BCUT2D eigenvalue weighted by Crippen LogP contribution is 2.38. The molecule has 1 aromatic rings. The van der Waals surface area contributed by atoms with Gasteiger partial charge in [0.1, 0.15) is 5.69 Å². The van der Waals surface area contributed by atoms with E-state index in [1.807, 2.05) is 0 Å². The summed E-state index contributed by atoms with van der Waals surface area (Å²) in [7, 11) is 1.77. The van der Waals surface area contributed by atoms with Crippen molar-refractivity contribution in [1.82, 2.24) is 14.9 Å². The van der Waals surface area contributed by atoms with Gasteiger partial charge in [-0.15, -0.1) is 0 Å². The highest BCUT2D eigenvalue weighted by molar-refractivity contribution is 5.79. The number of carbonyl (C=O) groups is 1. The monoisotopic (exact) mass is 314 g/mol. The Morgan fingerprint density at radius 3 is 2.73 bits per heavy atom. The number of hydrogen-bond acceptors (Lipinski definition) is 4. The van der Waals surface area contributed by atoms with E-state index in [9.17, 15) is 18.0 Å². The highest BCUT2D eigenvalue weighted by Gasteiger charge is 2.46. The molecule has 22 heavy (non-hydrogen) atoms. The minimum Gasteiger partial charge on any atom is -0.338 e. The average Bonchev–Trinajstić information content (AvgIpc) is 2.76. The second-order valence-corrected chi connectivity index (χ2v) is 5.94. The third-order valence-electron chi connectivity index (χ3n) is 4.66. The van der Waals surface area contributed by atoms with E-state index in [1.165, 1.54) is 0 Å². The molecule has 8 heteroatoms. The van der Waals surface area contributed by atoms with E-state index in [0.29, 0.717) is 19.5 Å². The summed E-state index contributed by atoms with van der Waals surface area (Å²) in [4.78, 5) is 22.9. The molecule has 2 aliphatic rings. The maximum Gasteiger partial charge on any atom is 0.433 e. The zero-order valence-corrected chi connectivity index (χ0v) is 12.2. The van der Waals surface area contributed by atoms with E-state index in [2.05, 4.69) is 9.97 Å². The van der Waals surface area contributed by atoms with Gasteiger partial charge in [0, 0.05) is 32.8 Å². The fraction of sp³-hybridized carbons (Fsp3) is 0.643. The molecule has 3 heterocycles. The van der Waals surface area contributed by atoms with E-state index in [-0.39, 0.29) is 17.4 Å². The largest absolute Gasteiger partial charge is 0.433 e. The number of likely N-dealkylation sites (N-methyl/N-ethyl adjacent to an activating group) is 1. The molecule has 0 saturated carbocycles. The number of piperidine rings is 1. The third kappa shape index (κ3) is 2.50. The van der Waals surface area contributed by atoms with Crippen LogP contribution in [0.25, 0.3) is 0 Å². The van der Waals surface area contributed by atoms with Crippen molar-refractivity contribution in [1.29, 1.82) is 0 Å². The van der Waals surface area contributed by atoms with Crippen LogP contribution in [0, 0.1) is 0 Å². The Morgan fingerprint density at radius 1 is 1.32 bits per heavy atom. The minimum absolute atomic E-state index is 0.0849. The molecular formula is C14H17F3N4O. The Morgan fingerprint density at radius 2 is 2.09 bits per heavy atom. The van der Waals surface area contributed by atoms with Crippen LogP contribution in [0.2, 0.25) is 0 Å². The molecule has 5 nitrogen and oxygen atoms in total. The van der Waals surface area contributed by atoms with E-state index in [4.69, 9.17) is 0 Å². The number of rotatable bonds is 1. The van der Waals surface area contributed by atoms with Gasteiger partial charge in [-0.1, -0.05) is 0 Å². The predicted molar refractivity (Wildman–Crippen MR) is 73.2 cm³/mol. The van der Waals surface area contributed by atoms with Gasteiger partial charge in [0.2, 0.25) is 11.9 Å². The molecule has 1 amide bonds. The third-order valence-corrected chi connectivity index (χ3v) is 4.66. The van der Waals surface area contributed by atoms with E-state index in [1.54, 1.807) is 16.8 Å². The van der Waals surface area contributed by atoms with Gasteiger partial charge in [-0.2, -0.15) is 13.2 Å². The van der Waals surface area contributed by atoms with Gasteiger partial charge < -0.3 is 9.80 Å². The zero-order chi connectivity index (χ0) is 16.0. The summed E-state index contributed by atoms with van der Waals surface area (Å²) in [6, 6.07) is 0.869. The molecular weight excluding hydrogens is 297 g/mol. The van der Waals surface area contributed by atoms with Crippen molar-refractivity contribution in [3.8, 4) is 0 Å². The Balaban J connectivity index is 1.85. The Bertz CT molecular complexity index is 592. The number of nitrogens with zero attached hydrogens (tertiary/aromatic N) is 4. The number of likely N-dealkylation sites (tertiary alicyclic amines) is 1. The maximum atomic E-state index is 12.8. The molecule has 1 aromatic heterocycles. The van der Waals surface area contributed by atoms with E-state index in [0.717, 1.165) is 31.5 Å². The molecule has 120 valence electrons. The zero-order valence-electron chi connectivity index (χ0n) is 12.2. The molecule has 0 aliphatic carbocycles. The Kier molecular flexibility index (Phi) is 3.49. The van der Waals surface area contributed by atoms with Crippen molar-refractivity contribution in [2.45, 2.75) is 37.4 Å². The number of aromatic nitrogens is 2. The molecule has 2 aliphatic heterocycles. The van der Waals surface area contributed by atoms with E-state index >= 15 is 0 Å². The van der Waals surface area contributed by atoms with Crippen LogP contribution in [0.1, 0.15) is 31.4 Å². The summed E-state index contributed by atoms with van der Waals surface area (Å²) in [5.41, 5.74) is -1.24. The SMILES string of the molecule is CN1C(=O)CCC12CCCN(c1nccc(C(F)(F)F)n1)C2. The minimum atomic E-state index is -4.48. The van der Waals surface area contributed by atoms with E-state index < -0.39 is 11.9 Å². The topological polar surface area (TPSA) is 49.3 Å². The first-order valence-corrected chi connectivity index (χ1v) is 7.24. The van der Waals surface area contributed by atoms with Gasteiger partial charge in [0.05, 0.1) is 5.54 Å². The quantitative estimate of drug-likeness (QED) is 0.796. The average molecular weight is 314 g/mol. The Hall–Kier alpha value is -1.86. The number of hydrogen-bond donors (Lipinski definition) is 0. The normalized spacial score (nSPS) is 26.1. The number of amides is 1. The molecule has 0 aromatic carbocycles. The lowest BCUT2D eigenvalue weighted by molar-refractivity contribution is -0.141. The number of alkyl halides is 3. The maximum absolute atomic E-state index is 12.8. The summed E-state index contributed by atoms with van der Waals surface area (Å²) in [6.07, 6.45) is -0.450. The summed E-state index contributed by atoms with van der Waals surface area (Å²) < 4.78 is 38.3. The molecule has 0 bridgehead atoms. The van der Waals surface area contributed by atoms with Crippen molar-refractivity contribution in [2.75, 3.05) is 25.0 Å². The molecule has 0 N–H and O–H groups in total. The van der Waals surface area contributed by atoms with Gasteiger partial charge in [-0.25, -0.2) is 9.97 Å². The van der Waals surface area contributed by atoms with Crippen LogP contribution >= 0.6 is 0 Å². The predicted octanol–water partition coefficient (Wildman–Crippen LogP) is 2.09. The lowest BCUT2D eigenvalue weighted by Crippen LogP contribution is -2.55. The van der Waals surface area contributed by atoms with Crippen LogP contribution in [0.3, 0.4) is 0 Å². The smallest absolute Gasteiger partial charge is 0.338 e. The molecule has 1 unspecified atom stereocenters. The van der Waals surface area contributed by atoms with Crippen molar-refractivity contribution in [2.24, 2.45) is 0 Å². The first kappa shape index (κ1) is 15.1. The molecule has 2 fully saturated rings. The van der Waals surface area contributed by atoms with Crippen LogP contribution in [0.5, 0.6) is 0 Å². The molecule has 1 spiro atoms. The summed E-state index contributed by atoms with van der Waals surface area (Å²) in [5.74, 6) is 0.174. The van der Waals surface area contributed by atoms with Gasteiger partial charge in [0.25, 0.3) is 0 Å². The highest BCUT2D eigenvalue weighted by atomic mass is 19.4. The summed E-state index contributed by atoms with van der Waals surface area (Å²) in [6.45, 7) is 1.08.